The third-order valence-electron chi connectivity index (χ3n) is 19.1. The summed E-state index contributed by atoms with van der Waals surface area (Å²) in [6.45, 7) is 43.5. The number of nitrogens with two attached hydrogens (primary N) is 1. The van der Waals surface area contributed by atoms with E-state index in [4.69, 9.17) is 30.7 Å². The Kier molecular flexibility index (Phi) is 44.6. The van der Waals surface area contributed by atoms with Crippen LogP contribution in [0.15, 0.2) is 146 Å². The highest BCUT2D eigenvalue weighted by Gasteiger charge is 2.46. The number of aromatic hydroxyl groups is 1. The summed E-state index contributed by atoms with van der Waals surface area (Å²) in [5.41, 5.74) is 8.79. The van der Waals surface area contributed by atoms with Crippen LogP contribution in [0.25, 0.3) is 11.4 Å². The van der Waals surface area contributed by atoms with Crippen molar-refractivity contribution in [2.24, 2.45) is 40.9 Å². The molecule has 1 aromatic heterocycles. The summed E-state index contributed by atoms with van der Waals surface area (Å²) in [5.74, 6) is 9.20. The van der Waals surface area contributed by atoms with Gasteiger partial charge in [-0.15, -0.1) is 20.4 Å². The van der Waals surface area contributed by atoms with Crippen LogP contribution in [-0.2, 0) is 9.57 Å². The van der Waals surface area contributed by atoms with Crippen LogP contribution in [0.4, 0.5) is 0 Å². The Bertz CT molecular complexity index is 3770. The largest absolute Gasteiger partial charge is 0.507 e. The first-order valence-corrected chi connectivity index (χ1v) is 40.9. The molecule has 610 valence electrons. The van der Waals surface area contributed by atoms with E-state index in [1.807, 2.05) is 59.7 Å². The Labute approximate surface area is 675 Å². The molecule has 4 aliphatic rings. The number of carbonyl (C=O) groups is 4. The minimum atomic E-state index is -1.49. The third kappa shape index (κ3) is 36.3. The molecular weight excluding hydrogens is 1430 g/mol. The number of hydrogen-bond acceptors (Lipinski definition) is 20. The van der Waals surface area contributed by atoms with Crippen molar-refractivity contribution in [2.45, 2.75) is 250 Å². The van der Waals surface area contributed by atoms with Crippen LogP contribution in [0.2, 0.25) is 13.6 Å². The number of Topliss-reactive ketones (excluding diaryl/α,β-unsaturated/α-hetero) is 2. The van der Waals surface area contributed by atoms with E-state index in [1.54, 1.807) is 82.9 Å². The normalized spacial score (nSPS) is 17.5. The lowest BCUT2D eigenvalue weighted by molar-refractivity contribution is -0.00214. The molecule has 2 saturated heterocycles. The number of allylic oxidation sites excluding steroid dienone is 5. The second kappa shape index (κ2) is 50.6. The average Bonchev–Trinajstić information content (AvgIpc) is 1.63. The number of phenolic OH excluding ortho intramolecular Hbond substituents is 1. The van der Waals surface area contributed by atoms with Crippen LogP contribution in [0, 0.1) is 41.9 Å². The van der Waals surface area contributed by atoms with Crippen LogP contribution in [0.3, 0.4) is 0 Å². The van der Waals surface area contributed by atoms with E-state index in [2.05, 4.69) is 153 Å². The number of benzene rings is 5. The molecular formula is C87H131B4N7O13S. The fraction of sp³-hybridized carbons (Fsp3) is 0.517. The molecule has 0 saturated carbocycles. The number of aryl methyl sites for hydroxylation is 1. The highest BCUT2D eigenvalue weighted by atomic mass is 32.2. The number of phenols is 1. The Morgan fingerprint density at radius 2 is 1.09 bits per heavy atom. The average molecular weight is 1560 g/mol. The maximum Gasteiger partial charge on any atom is 0.488 e. The van der Waals surface area contributed by atoms with Crippen molar-refractivity contribution >= 4 is 85.1 Å². The number of ketones is 2. The molecule has 5 aromatic carbocycles. The van der Waals surface area contributed by atoms with E-state index in [0.29, 0.717) is 80.2 Å². The minimum Gasteiger partial charge on any atom is -0.507 e. The van der Waals surface area contributed by atoms with Crippen molar-refractivity contribution in [1.29, 1.82) is 0 Å². The fourth-order valence-electron chi connectivity index (χ4n) is 12.6. The van der Waals surface area contributed by atoms with Gasteiger partial charge in [0.25, 0.3) is 5.91 Å². The summed E-state index contributed by atoms with van der Waals surface area (Å²) in [7, 11) is -2.98. The first kappa shape index (κ1) is 98.6. The molecule has 5 unspecified atom stereocenters. The maximum atomic E-state index is 11.6. The van der Waals surface area contributed by atoms with Crippen molar-refractivity contribution in [3.63, 3.8) is 0 Å². The topological polar surface area (TPSA) is 330 Å². The predicted octanol–water partition coefficient (Wildman–Crippen LogP) is 13.5. The van der Waals surface area contributed by atoms with Gasteiger partial charge in [0.15, 0.2) is 17.4 Å². The minimum absolute atomic E-state index is 0.0207. The van der Waals surface area contributed by atoms with E-state index in [1.165, 1.54) is 118 Å². The van der Waals surface area contributed by atoms with E-state index in [0.717, 1.165) is 39.6 Å². The molecule has 0 spiro atoms. The highest BCUT2D eigenvalue weighted by Crippen LogP contribution is 2.48. The summed E-state index contributed by atoms with van der Waals surface area (Å²) in [5, 5.41) is 87.0. The maximum absolute atomic E-state index is 11.6. The van der Waals surface area contributed by atoms with E-state index >= 15 is 0 Å². The van der Waals surface area contributed by atoms with Gasteiger partial charge in [0.05, 0.1) is 12.2 Å². The molecule has 0 bridgehead atoms. The summed E-state index contributed by atoms with van der Waals surface area (Å²) >= 11 is 2.14. The lowest BCUT2D eigenvalue weighted by Crippen LogP contribution is -2.37. The van der Waals surface area contributed by atoms with Crippen LogP contribution >= 0.6 is 11.8 Å². The number of thioether (sulfide) groups is 1. The molecule has 0 radical (unpaired) electrons. The van der Waals surface area contributed by atoms with Gasteiger partial charge in [0, 0.05) is 62.9 Å². The Hall–Kier alpha value is -7.57. The van der Waals surface area contributed by atoms with Gasteiger partial charge in [-0.1, -0.05) is 219 Å². The number of nitrogens with zero attached hydrogens (tertiary/aromatic N) is 4. The van der Waals surface area contributed by atoms with Gasteiger partial charge in [-0.2, -0.15) is 17.7 Å². The van der Waals surface area contributed by atoms with E-state index in [9.17, 15) is 34.3 Å². The number of fused-ring (bicyclic) bond motifs is 1. The Balaban J connectivity index is 0.000000332. The van der Waals surface area contributed by atoms with Gasteiger partial charge in [-0.25, -0.2) is 4.79 Å². The Morgan fingerprint density at radius 1 is 0.589 bits per heavy atom. The first-order valence-electron chi connectivity index (χ1n) is 39.9. The molecule has 2 aliphatic heterocycles. The highest BCUT2D eigenvalue weighted by molar-refractivity contribution is 8.00. The van der Waals surface area contributed by atoms with Crippen LogP contribution in [0.1, 0.15) is 259 Å². The second-order valence-corrected chi connectivity index (χ2v) is 33.6. The predicted molar refractivity (Wildman–Crippen MR) is 463 cm³/mol. The van der Waals surface area contributed by atoms with Gasteiger partial charge in [0.2, 0.25) is 5.82 Å². The smallest absolute Gasteiger partial charge is 0.488 e. The molecule has 112 heavy (non-hydrogen) atoms. The number of carbonyl (C=O) groups excluding carboxylic acids is 4. The van der Waals surface area contributed by atoms with E-state index < -0.39 is 34.0 Å². The molecule has 25 heteroatoms. The Morgan fingerprint density at radius 3 is 1.57 bits per heavy atom. The number of nitrogens with one attached hydrogen (secondary N) is 2. The summed E-state index contributed by atoms with van der Waals surface area (Å²) in [6, 6.07) is 31.5. The van der Waals surface area contributed by atoms with Crippen molar-refractivity contribution in [2.75, 3.05) is 5.75 Å². The lowest BCUT2D eigenvalue weighted by Gasteiger charge is -2.30. The number of ether oxygens (including phenoxy) is 1. The molecule has 2 fully saturated rings. The number of hydrogen-bond donors (Lipinski definition) is 10. The molecule has 6 aromatic rings. The molecule has 1 amide bonds. The summed E-state index contributed by atoms with van der Waals surface area (Å²) in [4.78, 5) is 49.7. The van der Waals surface area contributed by atoms with Gasteiger partial charge in [-0.3, -0.25) is 14.4 Å². The van der Waals surface area contributed by atoms with Crippen molar-refractivity contribution in [3.8, 4) is 17.1 Å². The first-order chi connectivity index (χ1) is 52.6. The van der Waals surface area contributed by atoms with Crippen molar-refractivity contribution in [1.82, 2.24) is 31.0 Å². The fourth-order valence-corrected chi connectivity index (χ4v) is 14.3. The zero-order chi connectivity index (χ0) is 84.1. The molecule has 5 atom stereocenters. The van der Waals surface area contributed by atoms with Gasteiger partial charge < -0.3 is 55.5 Å². The zero-order valence-corrected chi connectivity index (χ0v) is 71.3. The number of rotatable bonds is 17. The zero-order valence-electron chi connectivity index (χ0n) is 70.5. The number of aromatic nitrogens is 4. The molecule has 20 nitrogen and oxygen atoms in total. The molecule has 11 N–H and O–H groups in total. The summed E-state index contributed by atoms with van der Waals surface area (Å²) in [6.07, 6.45) is 24.4. The number of amides is 1. The van der Waals surface area contributed by atoms with Crippen LogP contribution < -0.4 is 38.4 Å². The van der Waals surface area contributed by atoms with Gasteiger partial charge in [0.1, 0.15) is 11.3 Å². The monoisotopic (exact) mass is 1560 g/mol. The second-order valence-electron chi connectivity index (χ2n) is 32.4. The van der Waals surface area contributed by atoms with Crippen LogP contribution in [-0.4, -0.2) is 142 Å². The van der Waals surface area contributed by atoms with Gasteiger partial charge >= 0.3 is 34.0 Å². The SMILES string of the molecule is C=C1CC2C(CSC2C(C)(C)C)N1.CB(O)c1cc(B(O)O)cc(C(C)C)c1.CB(O)c1ccc(C(=O)C(C)C)cc1.CC(C)C(=O)c1ccc(C(=O)ON)c(O)c1.CC(C)C1CC/C=C/CCC1.CC(C)NC(=O)c1ccc(B(O)O)cc1.CC(C)OC1CC/C=C/CCC1.Cc1nnc(-c2ccc(C(C)C)cc2)nn1. The quantitative estimate of drug-likeness (QED) is 0.0175. The molecule has 2 aliphatic carbocycles. The van der Waals surface area contributed by atoms with Crippen molar-refractivity contribution < 1.29 is 64.0 Å². The van der Waals surface area contributed by atoms with E-state index in [-0.39, 0.29) is 46.7 Å². The van der Waals surface area contributed by atoms with Crippen molar-refractivity contribution in [3.05, 3.63) is 185 Å². The molecule has 3 heterocycles. The lowest BCUT2D eigenvalue weighted by atomic mass is 9.61. The molecule has 10 rings (SSSR count). The standard InChI is InChI=1S/C12H14N4.C11H15BO2.C11H13NO4.C11H19NS.C11H20O.C11H20.C10H16B2O3.C10H14BNO3/c1-8(2)10-4-6-11(7-5-10)12-15-13-9(3)14-16-12;1-8(2)11(13)9-4-6-10(7-5-9)12(3)14;1-6(2)10(14)7-3-4-8(9(13)5-7)11(15)16-12;1-7-5-8-9(12-7)6-13-10(8)11(2,3)4;1-10(2)12-11-8-6-4-3-5-7-9-11;1-10(2)11-8-6-4-3-5-7-9-11;1-7(2)8-4-9(11(3)13)6-10(5-8)12(14)15;1-7(2)12-10(13)8-3-5-9(6-4-8)11(14)15/h4-8H,1-3H3;4-8,14H,1-3H3;3-6,13H,12H2,1-2H3;8-10,12H,1,5-6H2,2-4H3;3-4,10-11H,5-9H2,1-2H3;3-4,10-11H,5-9H2,1-2H3;4-7,13-15H,1-3H3;3-7,14-15H,1-2H3,(H,12,13)/b;;;;2*4-3+;;. The van der Waals surface area contributed by atoms with Crippen LogP contribution in [0.5, 0.6) is 5.75 Å². The van der Waals surface area contributed by atoms with Gasteiger partial charge in [-0.05, 0) is 197 Å². The summed E-state index contributed by atoms with van der Waals surface area (Å²) < 4.78 is 5.79. The third-order valence-corrected chi connectivity index (χ3v) is 21.1.